The van der Waals surface area contributed by atoms with Crippen LogP contribution in [0.1, 0.15) is 84.0 Å². The van der Waals surface area contributed by atoms with Crippen molar-refractivity contribution in [1.82, 2.24) is 0 Å². The third-order valence-corrected chi connectivity index (χ3v) is 10.3. The van der Waals surface area contributed by atoms with Crippen LogP contribution in [0.25, 0.3) is 44.2 Å². The lowest BCUT2D eigenvalue weighted by Gasteiger charge is -2.44. The first-order valence-electron chi connectivity index (χ1n) is 15.8. The van der Waals surface area contributed by atoms with Crippen LogP contribution in [0.5, 0.6) is 0 Å². The summed E-state index contributed by atoms with van der Waals surface area (Å²) in [6, 6.07) is 42.2. The number of rotatable bonds is 4. The Balaban J connectivity index is 1.53. The molecule has 2 aliphatic carbocycles. The van der Waals surface area contributed by atoms with E-state index in [1.54, 1.807) is 0 Å². The van der Waals surface area contributed by atoms with E-state index in [2.05, 4.69) is 151 Å². The lowest BCUT2D eigenvalue weighted by molar-refractivity contribution is 0.736. The zero-order valence-corrected chi connectivity index (χ0v) is 26.0. The van der Waals surface area contributed by atoms with Crippen molar-refractivity contribution < 1.29 is 0 Å². The molecule has 8 rings (SSSR count). The summed E-state index contributed by atoms with van der Waals surface area (Å²) in [7, 11) is 0. The molecule has 0 nitrogen and oxygen atoms in total. The lowest BCUT2D eigenvalue weighted by Crippen LogP contribution is -2.36. The van der Waals surface area contributed by atoms with Gasteiger partial charge in [-0.05, 0) is 139 Å². The highest BCUT2D eigenvalue weighted by molar-refractivity contribution is 6.08. The Morgan fingerprint density at radius 1 is 0.442 bits per heavy atom. The van der Waals surface area contributed by atoms with Crippen LogP contribution < -0.4 is 0 Å². The third-order valence-electron chi connectivity index (χ3n) is 10.3. The first-order valence-corrected chi connectivity index (χ1v) is 15.8. The van der Waals surface area contributed by atoms with Crippen LogP contribution in [0.3, 0.4) is 0 Å². The van der Waals surface area contributed by atoms with Crippen molar-refractivity contribution in [2.45, 2.75) is 58.8 Å². The lowest BCUT2D eigenvalue weighted by atomic mass is 9.56. The van der Waals surface area contributed by atoms with Crippen molar-refractivity contribution in [3.05, 3.63) is 154 Å². The summed E-state index contributed by atoms with van der Waals surface area (Å²) in [5.41, 5.74) is 19.0. The molecule has 0 heterocycles. The Morgan fingerprint density at radius 3 is 1.30 bits per heavy atom. The largest absolute Gasteiger partial charge is 0.0726 e. The molecule has 0 aliphatic heterocycles. The van der Waals surface area contributed by atoms with E-state index in [4.69, 9.17) is 0 Å². The van der Waals surface area contributed by atoms with E-state index in [1.807, 2.05) is 0 Å². The molecular weight excluding hydrogens is 516 g/mol. The summed E-state index contributed by atoms with van der Waals surface area (Å²) >= 11 is 0. The molecule has 0 unspecified atom stereocenters. The van der Waals surface area contributed by atoms with Gasteiger partial charge in [-0.2, -0.15) is 0 Å². The van der Waals surface area contributed by atoms with E-state index >= 15 is 0 Å². The van der Waals surface area contributed by atoms with Gasteiger partial charge in [-0.3, -0.25) is 0 Å². The first kappa shape index (κ1) is 26.2. The Kier molecular flexibility index (Phi) is 5.66. The molecule has 0 radical (unpaired) electrons. The molecule has 0 fully saturated rings. The molecule has 0 amide bonds. The van der Waals surface area contributed by atoms with Crippen molar-refractivity contribution in [2.75, 3.05) is 0 Å². The van der Waals surface area contributed by atoms with E-state index in [9.17, 15) is 0 Å². The molecule has 0 N–H and O–H groups in total. The second-order valence-electron chi connectivity index (χ2n) is 13.4. The highest BCUT2D eigenvalue weighted by atomic mass is 14.5. The van der Waals surface area contributed by atoms with Gasteiger partial charge in [0.15, 0.2) is 0 Å². The molecule has 210 valence electrons. The van der Waals surface area contributed by atoms with Gasteiger partial charge in [0.25, 0.3) is 0 Å². The zero-order valence-electron chi connectivity index (χ0n) is 26.0. The predicted octanol–water partition coefficient (Wildman–Crippen LogP) is 11.7. The number of hydrogen-bond donors (Lipinski definition) is 0. The van der Waals surface area contributed by atoms with Crippen molar-refractivity contribution in [1.29, 1.82) is 0 Å². The van der Waals surface area contributed by atoms with Crippen LogP contribution in [0.2, 0.25) is 0 Å². The molecule has 0 heteroatoms. The van der Waals surface area contributed by atoms with Gasteiger partial charge < -0.3 is 0 Å². The summed E-state index contributed by atoms with van der Waals surface area (Å²) in [6.45, 7) is 13.7. The SMILES string of the molecule is Cc1ccccc1-c1cc2c3c(cc(-c4ccccc4C)cc3c1)C21c2cc(C(C)C)ccc2-c2ccc(C(C)C)cc21. The molecule has 43 heavy (non-hydrogen) atoms. The molecule has 0 saturated carbocycles. The van der Waals surface area contributed by atoms with Crippen LogP contribution >= 0.6 is 0 Å². The smallest absolute Gasteiger partial charge is 0.0620 e. The van der Waals surface area contributed by atoms with Crippen LogP contribution in [0.4, 0.5) is 0 Å². The Bertz CT molecular complexity index is 1950. The normalized spacial score (nSPS) is 14.0. The third kappa shape index (κ3) is 3.56. The van der Waals surface area contributed by atoms with Gasteiger partial charge in [-0.1, -0.05) is 113 Å². The predicted molar refractivity (Wildman–Crippen MR) is 183 cm³/mol. The van der Waals surface area contributed by atoms with Gasteiger partial charge in [0.05, 0.1) is 5.41 Å². The van der Waals surface area contributed by atoms with E-state index in [-0.39, 0.29) is 5.41 Å². The van der Waals surface area contributed by atoms with Crippen LogP contribution in [-0.4, -0.2) is 0 Å². The van der Waals surface area contributed by atoms with Gasteiger partial charge in [0.2, 0.25) is 0 Å². The molecular formula is C43H38. The van der Waals surface area contributed by atoms with Crippen LogP contribution in [-0.2, 0) is 5.41 Å². The highest BCUT2D eigenvalue weighted by Crippen LogP contribution is 2.65. The Morgan fingerprint density at radius 2 is 0.884 bits per heavy atom. The summed E-state index contributed by atoms with van der Waals surface area (Å²) in [5.74, 6) is 0.932. The highest BCUT2D eigenvalue weighted by Gasteiger charge is 2.53. The molecule has 6 aromatic carbocycles. The van der Waals surface area contributed by atoms with Crippen molar-refractivity contribution in [3.8, 4) is 33.4 Å². The van der Waals surface area contributed by atoms with Gasteiger partial charge in [0, 0.05) is 0 Å². The molecule has 0 atom stereocenters. The van der Waals surface area contributed by atoms with Crippen molar-refractivity contribution in [3.63, 3.8) is 0 Å². The molecule has 2 aliphatic rings. The molecule has 0 aromatic heterocycles. The van der Waals surface area contributed by atoms with E-state index in [0.29, 0.717) is 11.8 Å². The average molecular weight is 555 g/mol. The van der Waals surface area contributed by atoms with Gasteiger partial charge in [-0.25, -0.2) is 0 Å². The fourth-order valence-corrected chi connectivity index (χ4v) is 7.95. The minimum atomic E-state index is -0.286. The van der Waals surface area contributed by atoms with E-state index in [1.165, 1.54) is 88.7 Å². The number of fused-ring (bicyclic) bond motifs is 7. The van der Waals surface area contributed by atoms with Crippen LogP contribution in [0.15, 0.2) is 109 Å². The zero-order chi connectivity index (χ0) is 29.6. The van der Waals surface area contributed by atoms with E-state index in [0.717, 1.165) is 0 Å². The molecule has 0 bridgehead atoms. The average Bonchev–Trinajstić information content (AvgIpc) is 3.31. The maximum Gasteiger partial charge on any atom is 0.0726 e. The summed E-state index contributed by atoms with van der Waals surface area (Å²) in [6.07, 6.45) is 0. The second-order valence-corrected chi connectivity index (χ2v) is 13.4. The van der Waals surface area contributed by atoms with Crippen molar-refractivity contribution >= 4 is 10.8 Å². The minimum Gasteiger partial charge on any atom is -0.0620 e. The fraction of sp³-hybridized carbons (Fsp3) is 0.209. The van der Waals surface area contributed by atoms with Crippen LogP contribution in [0, 0.1) is 13.8 Å². The van der Waals surface area contributed by atoms with Gasteiger partial charge in [0.1, 0.15) is 0 Å². The van der Waals surface area contributed by atoms with Gasteiger partial charge >= 0.3 is 0 Å². The number of hydrogen-bond acceptors (Lipinski definition) is 0. The number of aryl methyl sites for hydroxylation is 2. The van der Waals surface area contributed by atoms with E-state index < -0.39 is 0 Å². The summed E-state index contributed by atoms with van der Waals surface area (Å²) < 4.78 is 0. The number of benzene rings is 6. The molecule has 6 aromatic rings. The monoisotopic (exact) mass is 554 g/mol. The second kappa shape index (κ2) is 9.29. The molecule has 1 spiro atoms. The quantitative estimate of drug-likeness (QED) is 0.203. The standard InChI is InChI=1S/C43H38/c1-25(2)29-15-17-36-37-18-16-30(26(3)4)22-39(37)43(38(36)21-29)40-23-31(34-13-9-7-11-27(34)5)19-33-20-32(24-41(43)42(33)40)35-14-10-8-12-28(35)6/h7-26H,1-6H3. The Labute approximate surface area is 256 Å². The molecule has 0 saturated heterocycles. The Hall–Kier alpha value is -4.42. The fourth-order valence-electron chi connectivity index (χ4n) is 7.95. The maximum absolute atomic E-state index is 2.53. The minimum absolute atomic E-state index is 0.286. The summed E-state index contributed by atoms with van der Waals surface area (Å²) in [4.78, 5) is 0. The first-order chi connectivity index (χ1) is 20.8. The van der Waals surface area contributed by atoms with Gasteiger partial charge in [-0.15, -0.1) is 0 Å². The topological polar surface area (TPSA) is 0 Å². The maximum atomic E-state index is 2.53. The summed E-state index contributed by atoms with van der Waals surface area (Å²) in [5, 5.41) is 2.77. The van der Waals surface area contributed by atoms with Crippen molar-refractivity contribution in [2.24, 2.45) is 0 Å².